The van der Waals surface area contributed by atoms with Crippen LogP contribution >= 0.6 is 0 Å². The molecule has 1 rings (SSSR count). The summed E-state index contributed by atoms with van der Waals surface area (Å²) in [6.45, 7) is 1.11. The molecule has 0 radical (unpaired) electrons. The summed E-state index contributed by atoms with van der Waals surface area (Å²) in [7, 11) is 1.36. The predicted molar refractivity (Wildman–Crippen MR) is 65.0 cm³/mol. The summed E-state index contributed by atoms with van der Waals surface area (Å²) < 4.78 is 15.5. The Morgan fingerprint density at radius 2 is 2.33 bits per heavy atom. The number of esters is 1. The lowest BCUT2D eigenvalue weighted by molar-refractivity contribution is -0.169. The van der Waals surface area contributed by atoms with Crippen LogP contribution in [0.2, 0.25) is 0 Å². The summed E-state index contributed by atoms with van der Waals surface area (Å²) in [5.41, 5.74) is 0. The van der Waals surface area contributed by atoms with E-state index < -0.39 is 0 Å². The highest BCUT2D eigenvalue weighted by molar-refractivity contribution is 5.69. The van der Waals surface area contributed by atoms with Crippen LogP contribution in [0.15, 0.2) is 0 Å². The van der Waals surface area contributed by atoms with E-state index in [-0.39, 0.29) is 18.2 Å². The zero-order chi connectivity index (χ0) is 13.2. The van der Waals surface area contributed by atoms with Crippen LogP contribution in [0.4, 0.5) is 0 Å². The number of carbonyl (C=O) groups excluding carboxylic acids is 2. The molecular formula is C13H22O5. The number of hydrogen-bond donors (Lipinski definition) is 0. The number of hydrogen-bond acceptors (Lipinski definition) is 5. The normalized spacial score (nSPS) is 21.3. The van der Waals surface area contributed by atoms with Crippen LogP contribution in [-0.4, -0.2) is 38.9 Å². The molecule has 18 heavy (non-hydrogen) atoms. The van der Waals surface area contributed by atoms with E-state index in [0.29, 0.717) is 25.9 Å². The molecule has 0 N–H and O–H groups in total. The number of carbonyl (C=O) groups is 2. The van der Waals surface area contributed by atoms with Gasteiger partial charge in [-0.2, -0.15) is 0 Å². The second-order valence-corrected chi connectivity index (χ2v) is 4.49. The van der Waals surface area contributed by atoms with Crippen molar-refractivity contribution in [3.63, 3.8) is 0 Å². The van der Waals surface area contributed by atoms with Gasteiger partial charge in [0, 0.05) is 18.9 Å². The van der Waals surface area contributed by atoms with Crippen molar-refractivity contribution in [3.8, 4) is 0 Å². The maximum Gasteiger partial charge on any atom is 0.305 e. The molecule has 104 valence electrons. The number of ether oxygens (including phenoxy) is 3. The minimum atomic E-state index is -0.240. The van der Waals surface area contributed by atoms with E-state index >= 15 is 0 Å². The number of rotatable bonds is 8. The van der Waals surface area contributed by atoms with Crippen molar-refractivity contribution in [2.24, 2.45) is 5.92 Å². The van der Waals surface area contributed by atoms with Crippen LogP contribution in [0.3, 0.4) is 0 Å². The van der Waals surface area contributed by atoms with E-state index in [1.54, 1.807) is 0 Å². The fraction of sp³-hybridized carbons (Fsp3) is 0.846. The topological polar surface area (TPSA) is 61.8 Å². The van der Waals surface area contributed by atoms with E-state index in [2.05, 4.69) is 4.74 Å². The third-order valence-electron chi connectivity index (χ3n) is 3.01. The molecule has 5 nitrogen and oxygen atoms in total. The largest absolute Gasteiger partial charge is 0.469 e. The van der Waals surface area contributed by atoms with Gasteiger partial charge < -0.3 is 19.0 Å². The van der Waals surface area contributed by atoms with Crippen molar-refractivity contribution in [1.29, 1.82) is 0 Å². The molecule has 1 saturated heterocycles. The van der Waals surface area contributed by atoms with Gasteiger partial charge in [0.1, 0.15) is 6.29 Å². The molecule has 0 amide bonds. The predicted octanol–water partition coefficient (Wildman–Crippen LogP) is 1.69. The zero-order valence-corrected chi connectivity index (χ0v) is 10.9. The molecule has 0 saturated carbocycles. The first-order chi connectivity index (χ1) is 8.76. The van der Waals surface area contributed by atoms with Crippen molar-refractivity contribution in [3.05, 3.63) is 0 Å². The monoisotopic (exact) mass is 258 g/mol. The van der Waals surface area contributed by atoms with Crippen molar-refractivity contribution in [2.75, 3.05) is 20.3 Å². The van der Waals surface area contributed by atoms with E-state index in [4.69, 9.17) is 9.47 Å². The van der Waals surface area contributed by atoms with Gasteiger partial charge in [0.2, 0.25) is 0 Å². The van der Waals surface area contributed by atoms with Gasteiger partial charge in [-0.1, -0.05) is 0 Å². The smallest absolute Gasteiger partial charge is 0.305 e. The minimum absolute atomic E-state index is 0.165. The lowest BCUT2D eigenvalue weighted by Gasteiger charge is -2.23. The van der Waals surface area contributed by atoms with Crippen molar-refractivity contribution in [2.45, 2.75) is 44.8 Å². The highest BCUT2D eigenvalue weighted by atomic mass is 16.7. The van der Waals surface area contributed by atoms with Crippen LogP contribution in [0.1, 0.15) is 38.5 Å². The molecule has 5 heteroatoms. The lowest BCUT2D eigenvalue weighted by atomic mass is 10.0. The molecule has 0 unspecified atom stereocenters. The fourth-order valence-corrected chi connectivity index (χ4v) is 1.87. The van der Waals surface area contributed by atoms with Crippen molar-refractivity contribution < 1.29 is 23.8 Å². The van der Waals surface area contributed by atoms with Gasteiger partial charge in [-0.3, -0.25) is 4.79 Å². The Bertz CT molecular complexity index is 248. The van der Waals surface area contributed by atoms with Crippen molar-refractivity contribution >= 4 is 12.3 Å². The summed E-state index contributed by atoms with van der Waals surface area (Å²) in [6.07, 6.45) is 5.45. The van der Waals surface area contributed by atoms with Gasteiger partial charge in [-0.05, 0) is 32.1 Å². The lowest BCUT2D eigenvalue weighted by Crippen LogP contribution is -2.25. The van der Waals surface area contributed by atoms with E-state index in [9.17, 15) is 9.59 Å². The Balaban J connectivity index is 2.12. The highest BCUT2D eigenvalue weighted by Gasteiger charge is 2.17. The molecule has 0 aromatic heterocycles. The van der Waals surface area contributed by atoms with Crippen molar-refractivity contribution in [1.82, 2.24) is 0 Å². The molecule has 1 aliphatic heterocycles. The first-order valence-corrected chi connectivity index (χ1v) is 6.51. The maximum absolute atomic E-state index is 10.9. The van der Waals surface area contributed by atoms with E-state index in [0.717, 1.165) is 32.2 Å². The van der Waals surface area contributed by atoms with E-state index in [1.807, 2.05) is 0 Å². The second kappa shape index (κ2) is 9.05. The molecule has 1 fully saturated rings. The molecule has 0 aromatic rings. The third-order valence-corrected chi connectivity index (χ3v) is 3.01. The quantitative estimate of drug-likeness (QED) is 0.489. The second-order valence-electron chi connectivity index (χ2n) is 4.49. The van der Waals surface area contributed by atoms with Crippen LogP contribution in [0.5, 0.6) is 0 Å². The zero-order valence-electron chi connectivity index (χ0n) is 10.9. The molecular weight excluding hydrogens is 236 g/mol. The maximum atomic E-state index is 10.9. The first-order valence-electron chi connectivity index (χ1n) is 6.51. The van der Waals surface area contributed by atoms with Gasteiger partial charge in [0.05, 0.1) is 13.7 Å². The Morgan fingerprint density at radius 3 is 2.94 bits per heavy atom. The Labute approximate surface area is 108 Å². The van der Waals surface area contributed by atoms with Crippen LogP contribution < -0.4 is 0 Å². The van der Waals surface area contributed by atoms with Gasteiger partial charge in [-0.25, -0.2) is 0 Å². The molecule has 2 atom stereocenters. The molecule has 0 spiro atoms. The Kier molecular flexibility index (Phi) is 7.60. The average molecular weight is 258 g/mol. The van der Waals surface area contributed by atoms with Gasteiger partial charge in [-0.15, -0.1) is 0 Å². The Morgan fingerprint density at radius 1 is 1.50 bits per heavy atom. The van der Waals surface area contributed by atoms with E-state index in [1.165, 1.54) is 7.11 Å². The SMILES string of the molecule is COC(=O)CCC[C@H](C=O)CO[C@@H]1CCCCO1. The highest BCUT2D eigenvalue weighted by Crippen LogP contribution is 2.16. The van der Waals surface area contributed by atoms with Crippen LogP contribution in [0, 0.1) is 5.92 Å². The molecule has 1 aliphatic rings. The number of methoxy groups -OCH3 is 1. The molecule has 1 heterocycles. The van der Waals surface area contributed by atoms with Gasteiger partial charge in [0.25, 0.3) is 0 Å². The van der Waals surface area contributed by atoms with Gasteiger partial charge in [0.15, 0.2) is 6.29 Å². The number of aldehydes is 1. The minimum Gasteiger partial charge on any atom is -0.469 e. The third kappa shape index (κ3) is 6.12. The van der Waals surface area contributed by atoms with Crippen LogP contribution in [0.25, 0.3) is 0 Å². The summed E-state index contributed by atoms with van der Waals surface area (Å²) in [5, 5.41) is 0. The summed E-state index contributed by atoms with van der Waals surface area (Å²) >= 11 is 0. The standard InChI is InChI=1S/C13H22O5/c1-16-12(15)6-4-5-11(9-14)10-18-13-7-2-3-8-17-13/h9,11,13H,2-8,10H2,1H3/t11-,13-/m1/s1. The summed E-state index contributed by atoms with van der Waals surface area (Å²) in [6, 6.07) is 0. The first kappa shape index (κ1) is 15.1. The molecule has 0 bridgehead atoms. The molecule has 0 aromatic carbocycles. The summed E-state index contributed by atoms with van der Waals surface area (Å²) in [4.78, 5) is 21.8. The average Bonchev–Trinajstić information content (AvgIpc) is 2.43. The van der Waals surface area contributed by atoms with Gasteiger partial charge >= 0.3 is 5.97 Å². The summed E-state index contributed by atoms with van der Waals surface area (Å²) in [5.74, 6) is -0.406. The Hall–Kier alpha value is -0.940. The van der Waals surface area contributed by atoms with Crippen LogP contribution in [-0.2, 0) is 23.8 Å². The molecule has 0 aliphatic carbocycles. The fourth-order valence-electron chi connectivity index (χ4n) is 1.87.